The van der Waals surface area contributed by atoms with Gasteiger partial charge in [-0.3, -0.25) is 4.79 Å². The van der Waals surface area contributed by atoms with E-state index in [0.717, 1.165) is 0 Å². The van der Waals surface area contributed by atoms with Gasteiger partial charge in [0.15, 0.2) is 0 Å². The molecule has 6 nitrogen and oxygen atoms in total. The molecule has 1 rings (SSSR count). The normalized spacial score (nSPS) is 14.5. The Bertz CT molecular complexity index is 518. The van der Waals surface area contributed by atoms with Crippen LogP contribution in [0.3, 0.4) is 0 Å². The Morgan fingerprint density at radius 3 is 2.45 bits per heavy atom. The Kier molecular flexibility index (Phi) is 6.59. The smallest absolute Gasteiger partial charge is 0.405 e. The summed E-state index contributed by atoms with van der Waals surface area (Å²) in [6.45, 7) is 5.23. The van der Waals surface area contributed by atoms with Gasteiger partial charge in [-0.1, -0.05) is 36.4 Å². The molecule has 3 atom stereocenters. The first kappa shape index (κ1) is 17.7. The number of nitrogens with one attached hydrogen (secondary N) is 1. The molecular weight excluding hydrogens is 284 g/mol. The van der Waals surface area contributed by atoms with E-state index >= 15 is 0 Å². The molecule has 3 N–H and O–H groups in total. The van der Waals surface area contributed by atoms with E-state index in [0.29, 0.717) is 5.56 Å². The first-order valence-electron chi connectivity index (χ1n) is 6.98. The molecule has 1 aromatic rings. The lowest BCUT2D eigenvalue weighted by Gasteiger charge is -2.31. The molecule has 1 aromatic carbocycles. The van der Waals surface area contributed by atoms with Gasteiger partial charge in [0, 0.05) is 7.05 Å². The van der Waals surface area contributed by atoms with Gasteiger partial charge in [-0.2, -0.15) is 0 Å². The highest BCUT2D eigenvalue weighted by Crippen LogP contribution is 2.20. The van der Waals surface area contributed by atoms with Crippen LogP contribution in [-0.4, -0.2) is 46.2 Å². The minimum absolute atomic E-state index is 0.184. The highest BCUT2D eigenvalue weighted by Gasteiger charge is 2.29. The number of rotatable bonds is 7. The molecular formula is C16H22N2O4. The van der Waals surface area contributed by atoms with Crippen LogP contribution in [0, 0.1) is 0 Å². The summed E-state index contributed by atoms with van der Waals surface area (Å²) in [4.78, 5) is 24.5. The highest BCUT2D eigenvalue weighted by molar-refractivity contribution is 5.85. The summed E-state index contributed by atoms with van der Waals surface area (Å²) < 4.78 is 0. The molecule has 0 unspecified atom stereocenters. The zero-order chi connectivity index (χ0) is 16.7. The van der Waals surface area contributed by atoms with Crippen LogP contribution in [0.4, 0.5) is 4.79 Å². The number of benzene rings is 1. The predicted molar refractivity (Wildman–Crippen MR) is 83.4 cm³/mol. The van der Waals surface area contributed by atoms with Crippen molar-refractivity contribution >= 4 is 12.0 Å². The van der Waals surface area contributed by atoms with Gasteiger partial charge in [-0.15, -0.1) is 6.58 Å². The minimum atomic E-state index is -1.27. The fraction of sp³-hybridized carbons (Fsp3) is 0.375. The number of hydrogen-bond acceptors (Lipinski definition) is 3. The van der Waals surface area contributed by atoms with Crippen LogP contribution in [0.25, 0.3) is 0 Å². The number of likely N-dealkylation sites (N-methyl/N-ethyl adjacent to an activating group) is 1. The van der Waals surface area contributed by atoms with Crippen molar-refractivity contribution in [3.05, 3.63) is 48.6 Å². The average Bonchev–Trinajstić information content (AvgIpc) is 2.52. The van der Waals surface area contributed by atoms with E-state index < -0.39 is 30.2 Å². The second kappa shape index (κ2) is 8.19. The summed E-state index contributed by atoms with van der Waals surface area (Å²) in [5.41, 5.74) is 0.695. The maximum atomic E-state index is 12.4. The largest absolute Gasteiger partial charge is 0.465 e. The molecule has 0 aliphatic rings. The van der Waals surface area contributed by atoms with E-state index in [1.165, 1.54) is 11.0 Å². The fourth-order valence-corrected chi connectivity index (χ4v) is 2.12. The van der Waals surface area contributed by atoms with Gasteiger partial charge in [-0.25, -0.2) is 4.79 Å². The Morgan fingerprint density at radius 1 is 1.36 bits per heavy atom. The van der Waals surface area contributed by atoms with E-state index in [9.17, 15) is 14.7 Å². The molecule has 0 heterocycles. The van der Waals surface area contributed by atoms with Gasteiger partial charge < -0.3 is 20.4 Å². The van der Waals surface area contributed by atoms with Gasteiger partial charge in [0.25, 0.3) is 0 Å². The van der Waals surface area contributed by atoms with Crippen molar-refractivity contribution in [1.29, 1.82) is 0 Å². The highest BCUT2D eigenvalue weighted by atomic mass is 16.4. The molecule has 0 saturated carbocycles. The van der Waals surface area contributed by atoms with E-state index in [2.05, 4.69) is 11.9 Å². The van der Waals surface area contributed by atoms with Crippen LogP contribution in [0.15, 0.2) is 43.0 Å². The van der Waals surface area contributed by atoms with E-state index in [1.807, 2.05) is 6.07 Å². The third-order valence-electron chi connectivity index (χ3n) is 3.55. The summed E-state index contributed by atoms with van der Waals surface area (Å²) in [6, 6.07) is 7.58. The van der Waals surface area contributed by atoms with Crippen LogP contribution in [0.5, 0.6) is 0 Å². The van der Waals surface area contributed by atoms with Crippen molar-refractivity contribution in [3.63, 3.8) is 0 Å². The van der Waals surface area contributed by atoms with Crippen molar-refractivity contribution in [1.82, 2.24) is 10.2 Å². The number of aliphatic hydroxyl groups excluding tert-OH is 1. The van der Waals surface area contributed by atoms with Crippen molar-refractivity contribution < 1.29 is 19.8 Å². The third kappa shape index (κ3) is 4.60. The molecule has 0 aliphatic carbocycles. The first-order chi connectivity index (χ1) is 10.4. The van der Waals surface area contributed by atoms with Crippen LogP contribution in [-0.2, 0) is 4.79 Å². The summed E-state index contributed by atoms with van der Waals surface area (Å²) in [7, 11) is 1.54. The van der Waals surface area contributed by atoms with Crippen LogP contribution < -0.4 is 5.32 Å². The van der Waals surface area contributed by atoms with Crippen LogP contribution in [0.1, 0.15) is 25.0 Å². The number of carbonyl (C=O) groups excluding carboxylic acids is 1. The zero-order valence-corrected chi connectivity index (χ0v) is 12.8. The standard InChI is InChI=1S/C16H22N2O4/c1-4-8-13(17-16(21)22)15(20)18(3)11(2)14(19)12-9-6-5-7-10-12/h4-7,9-11,13-14,17,19H,1,8H2,2-3H3,(H,21,22)/t11-,13+,14+/m0/s1. The second-order valence-electron chi connectivity index (χ2n) is 5.07. The Balaban J connectivity index is 2.83. The number of hydrogen-bond donors (Lipinski definition) is 3. The van der Waals surface area contributed by atoms with Crippen LogP contribution >= 0.6 is 0 Å². The van der Waals surface area contributed by atoms with Gasteiger partial charge >= 0.3 is 6.09 Å². The number of aliphatic hydroxyl groups is 1. The van der Waals surface area contributed by atoms with Gasteiger partial charge in [-0.05, 0) is 18.9 Å². The molecule has 0 radical (unpaired) electrons. The molecule has 0 aromatic heterocycles. The fourth-order valence-electron chi connectivity index (χ4n) is 2.12. The lowest BCUT2D eigenvalue weighted by molar-refractivity contribution is -0.136. The zero-order valence-electron chi connectivity index (χ0n) is 12.8. The summed E-state index contributed by atoms with van der Waals surface area (Å²) >= 11 is 0. The summed E-state index contributed by atoms with van der Waals surface area (Å²) in [5.74, 6) is -0.412. The monoisotopic (exact) mass is 306 g/mol. The minimum Gasteiger partial charge on any atom is -0.465 e. The summed E-state index contributed by atoms with van der Waals surface area (Å²) in [6.07, 6.45) is -0.469. The molecule has 6 heteroatoms. The van der Waals surface area contributed by atoms with Crippen molar-refractivity contribution in [2.24, 2.45) is 0 Å². The average molecular weight is 306 g/mol. The molecule has 0 bridgehead atoms. The Labute approximate surface area is 130 Å². The number of carbonyl (C=O) groups is 2. The number of carboxylic acid groups (broad SMARTS) is 1. The number of nitrogens with zero attached hydrogens (tertiary/aromatic N) is 1. The SMILES string of the molecule is C=CC[C@@H](NC(=O)O)C(=O)N(C)[C@@H](C)[C@@H](O)c1ccccc1. The molecule has 22 heavy (non-hydrogen) atoms. The second-order valence-corrected chi connectivity index (χ2v) is 5.07. The van der Waals surface area contributed by atoms with Crippen molar-refractivity contribution in [3.8, 4) is 0 Å². The first-order valence-corrected chi connectivity index (χ1v) is 6.98. The van der Waals surface area contributed by atoms with E-state index in [-0.39, 0.29) is 6.42 Å². The molecule has 0 fully saturated rings. The Hall–Kier alpha value is -2.34. The number of amides is 2. The van der Waals surface area contributed by atoms with Crippen LogP contribution in [0.2, 0.25) is 0 Å². The maximum Gasteiger partial charge on any atom is 0.405 e. The molecule has 0 spiro atoms. The predicted octanol–water partition coefficient (Wildman–Crippen LogP) is 1.78. The Morgan fingerprint density at radius 2 is 1.95 bits per heavy atom. The van der Waals surface area contributed by atoms with Crippen molar-refractivity contribution in [2.45, 2.75) is 31.5 Å². The maximum absolute atomic E-state index is 12.4. The topological polar surface area (TPSA) is 89.9 Å². The third-order valence-corrected chi connectivity index (χ3v) is 3.55. The van der Waals surface area contributed by atoms with E-state index in [4.69, 9.17) is 5.11 Å². The molecule has 120 valence electrons. The molecule has 2 amide bonds. The van der Waals surface area contributed by atoms with Gasteiger partial charge in [0.05, 0.1) is 12.1 Å². The van der Waals surface area contributed by atoms with Gasteiger partial charge in [0.2, 0.25) is 5.91 Å². The van der Waals surface area contributed by atoms with Gasteiger partial charge in [0.1, 0.15) is 6.04 Å². The lowest BCUT2D eigenvalue weighted by Crippen LogP contribution is -2.50. The molecule has 0 saturated heterocycles. The lowest BCUT2D eigenvalue weighted by atomic mass is 10.0. The van der Waals surface area contributed by atoms with E-state index in [1.54, 1.807) is 38.2 Å². The molecule has 0 aliphatic heterocycles. The van der Waals surface area contributed by atoms with Crippen molar-refractivity contribution in [2.75, 3.05) is 7.05 Å². The summed E-state index contributed by atoms with van der Waals surface area (Å²) in [5, 5.41) is 21.3. The quantitative estimate of drug-likeness (QED) is 0.670.